The highest BCUT2D eigenvalue weighted by Gasteiger charge is 2.11. The van der Waals surface area contributed by atoms with Gasteiger partial charge in [-0.1, -0.05) is 44.0 Å². The van der Waals surface area contributed by atoms with Gasteiger partial charge in [-0.3, -0.25) is 9.59 Å². The largest absolute Gasteiger partial charge is 0.484 e. The van der Waals surface area contributed by atoms with Crippen LogP contribution < -0.4 is 20.1 Å². The molecule has 0 saturated heterocycles. The Balaban J connectivity index is 1.33. The fraction of sp³-hybridized carbons (Fsp3) is 0.188. The molecule has 0 saturated carbocycles. The first-order valence-corrected chi connectivity index (χ1v) is 14.3. The Hall–Kier alpha value is -3.62. The lowest BCUT2D eigenvalue weighted by molar-refractivity contribution is -0.118. The van der Waals surface area contributed by atoms with Crippen LogP contribution in [0.3, 0.4) is 0 Å². The summed E-state index contributed by atoms with van der Waals surface area (Å²) in [7, 11) is 0. The quantitative estimate of drug-likeness (QED) is 0.189. The first kappa shape index (κ1) is 29.4. The molecule has 0 atom stereocenters. The minimum absolute atomic E-state index is 0.0809. The molecule has 4 aromatic carbocycles. The second-order valence-corrected chi connectivity index (χ2v) is 11.3. The number of aryl methyl sites for hydroxylation is 4. The van der Waals surface area contributed by atoms with E-state index in [0.717, 1.165) is 53.7 Å². The minimum atomic E-state index is -0.230. The van der Waals surface area contributed by atoms with Crippen molar-refractivity contribution in [1.82, 2.24) is 0 Å². The van der Waals surface area contributed by atoms with E-state index in [1.165, 1.54) is 0 Å². The number of amides is 2. The monoisotopic (exact) mass is 664 g/mol. The number of nitrogens with one attached hydrogen (secondary N) is 2. The number of carbonyl (C=O) groups is 2. The maximum Gasteiger partial charge on any atom is 0.262 e. The van der Waals surface area contributed by atoms with Crippen LogP contribution in [0.15, 0.2) is 81.7 Å². The van der Waals surface area contributed by atoms with Crippen molar-refractivity contribution in [1.29, 1.82) is 0 Å². The van der Waals surface area contributed by atoms with Gasteiger partial charge in [-0.15, -0.1) is 0 Å². The first-order valence-electron chi connectivity index (χ1n) is 12.7. The molecule has 206 valence electrons. The third-order valence-corrected chi connectivity index (χ3v) is 8.11. The van der Waals surface area contributed by atoms with Gasteiger partial charge in [-0.2, -0.15) is 0 Å². The topological polar surface area (TPSA) is 76.7 Å². The summed E-state index contributed by atoms with van der Waals surface area (Å²) in [6.45, 7) is 7.67. The normalized spacial score (nSPS) is 10.7. The van der Waals surface area contributed by atoms with Gasteiger partial charge in [0.25, 0.3) is 11.8 Å². The molecule has 8 heteroatoms. The van der Waals surface area contributed by atoms with Crippen molar-refractivity contribution in [2.24, 2.45) is 0 Å². The van der Waals surface area contributed by atoms with Gasteiger partial charge >= 0.3 is 0 Å². The number of rotatable bonds is 9. The Bertz CT molecular complexity index is 1450. The Morgan fingerprint density at radius 2 is 0.975 bits per heavy atom. The number of hydrogen-bond acceptors (Lipinski definition) is 4. The molecule has 0 spiro atoms. The summed E-state index contributed by atoms with van der Waals surface area (Å²) >= 11 is 6.92. The summed E-state index contributed by atoms with van der Waals surface area (Å²) in [5, 5.41) is 5.84. The van der Waals surface area contributed by atoms with E-state index in [1.54, 1.807) is 0 Å². The average Bonchev–Trinajstić information content (AvgIpc) is 2.92. The second-order valence-electron chi connectivity index (χ2n) is 9.56. The predicted octanol–water partition coefficient (Wildman–Crippen LogP) is 8.15. The van der Waals surface area contributed by atoms with E-state index in [-0.39, 0.29) is 25.0 Å². The highest BCUT2D eigenvalue weighted by atomic mass is 79.9. The molecule has 4 aromatic rings. The van der Waals surface area contributed by atoms with Crippen LogP contribution in [0.1, 0.15) is 22.3 Å². The summed E-state index contributed by atoms with van der Waals surface area (Å²) in [6.07, 6.45) is 0. The molecule has 0 aliphatic heterocycles. The van der Waals surface area contributed by atoms with Gasteiger partial charge in [0.15, 0.2) is 13.2 Å². The summed E-state index contributed by atoms with van der Waals surface area (Å²) in [5.74, 6) is 0.827. The molecular formula is C32H30Br2N2O4. The van der Waals surface area contributed by atoms with Gasteiger partial charge in [0, 0.05) is 20.3 Å². The number of ether oxygens (including phenoxy) is 2. The number of halogens is 2. The highest BCUT2D eigenvalue weighted by molar-refractivity contribution is 9.10. The highest BCUT2D eigenvalue weighted by Crippen LogP contribution is 2.29. The van der Waals surface area contributed by atoms with Crippen molar-refractivity contribution in [2.75, 3.05) is 23.8 Å². The molecule has 0 heterocycles. The molecule has 2 N–H and O–H groups in total. The third-order valence-electron chi connectivity index (χ3n) is 6.33. The van der Waals surface area contributed by atoms with Crippen LogP contribution in [0.2, 0.25) is 0 Å². The molecule has 0 aliphatic rings. The van der Waals surface area contributed by atoms with E-state index in [1.807, 2.05) is 100 Å². The predicted molar refractivity (Wildman–Crippen MR) is 167 cm³/mol. The van der Waals surface area contributed by atoms with Crippen LogP contribution >= 0.6 is 31.9 Å². The van der Waals surface area contributed by atoms with Gasteiger partial charge in [-0.05, 0) is 122 Å². The van der Waals surface area contributed by atoms with Crippen molar-refractivity contribution in [3.63, 3.8) is 0 Å². The second kappa shape index (κ2) is 13.2. The molecule has 0 unspecified atom stereocenters. The van der Waals surface area contributed by atoms with E-state index in [4.69, 9.17) is 9.47 Å². The van der Waals surface area contributed by atoms with E-state index in [0.29, 0.717) is 11.5 Å². The van der Waals surface area contributed by atoms with E-state index in [9.17, 15) is 9.59 Å². The number of hydrogen-bond donors (Lipinski definition) is 2. The zero-order chi connectivity index (χ0) is 28.8. The number of carbonyl (C=O) groups excluding carboxylic acids is 2. The van der Waals surface area contributed by atoms with E-state index in [2.05, 4.69) is 42.5 Å². The molecule has 0 aromatic heterocycles. The molecule has 4 rings (SSSR count). The molecule has 0 bridgehead atoms. The van der Waals surface area contributed by atoms with E-state index < -0.39 is 0 Å². The van der Waals surface area contributed by atoms with Crippen LogP contribution in [0.25, 0.3) is 11.1 Å². The Morgan fingerprint density at radius 1 is 0.575 bits per heavy atom. The van der Waals surface area contributed by atoms with Crippen molar-refractivity contribution < 1.29 is 19.1 Å². The van der Waals surface area contributed by atoms with Gasteiger partial charge in [-0.25, -0.2) is 0 Å². The van der Waals surface area contributed by atoms with Gasteiger partial charge in [0.1, 0.15) is 11.5 Å². The van der Waals surface area contributed by atoms with Crippen molar-refractivity contribution in [3.8, 4) is 22.6 Å². The van der Waals surface area contributed by atoms with Crippen LogP contribution in [0.5, 0.6) is 11.5 Å². The molecule has 2 amide bonds. The van der Waals surface area contributed by atoms with Crippen LogP contribution in [0, 0.1) is 27.7 Å². The van der Waals surface area contributed by atoms with Crippen LogP contribution in [-0.4, -0.2) is 25.0 Å². The maximum atomic E-state index is 12.5. The fourth-order valence-corrected chi connectivity index (χ4v) is 4.54. The molecule has 0 aliphatic carbocycles. The van der Waals surface area contributed by atoms with Gasteiger partial charge < -0.3 is 20.1 Å². The Morgan fingerprint density at radius 3 is 1.32 bits per heavy atom. The average molecular weight is 666 g/mol. The lowest BCUT2D eigenvalue weighted by Crippen LogP contribution is -2.20. The zero-order valence-electron chi connectivity index (χ0n) is 22.7. The maximum absolute atomic E-state index is 12.5. The third kappa shape index (κ3) is 7.73. The van der Waals surface area contributed by atoms with Gasteiger partial charge in [0.05, 0.1) is 0 Å². The van der Waals surface area contributed by atoms with Gasteiger partial charge in [0.2, 0.25) is 0 Å². The lowest BCUT2D eigenvalue weighted by atomic mass is 10.00. The lowest BCUT2D eigenvalue weighted by Gasteiger charge is -2.14. The molecular weight excluding hydrogens is 636 g/mol. The summed E-state index contributed by atoms with van der Waals surface area (Å²) in [5.41, 5.74) is 7.41. The molecule has 40 heavy (non-hydrogen) atoms. The summed E-state index contributed by atoms with van der Waals surface area (Å²) in [4.78, 5) is 25.0. The van der Waals surface area contributed by atoms with Crippen LogP contribution in [-0.2, 0) is 9.59 Å². The van der Waals surface area contributed by atoms with Crippen LogP contribution in [0.4, 0.5) is 11.4 Å². The van der Waals surface area contributed by atoms with E-state index >= 15 is 0 Å². The first-order chi connectivity index (χ1) is 19.1. The Labute approximate surface area is 251 Å². The SMILES string of the molecule is Cc1cc(OCC(=O)Nc2ccc(-c3ccc(NC(=O)COc4ccc(Br)c(C)c4)c(C)c3)cc2C)ccc1Br. The summed E-state index contributed by atoms with van der Waals surface area (Å²) < 4.78 is 13.3. The molecule has 6 nitrogen and oxygen atoms in total. The zero-order valence-corrected chi connectivity index (χ0v) is 25.9. The fourth-order valence-electron chi connectivity index (χ4n) is 4.05. The smallest absolute Gasteiger partial charge is 0.262 e. The van der Waals surface area contributed by atoms with Crippen molar-refractivity contribution >= 4 is 55.0 Å². The Kier molecular flexibility index (Phi) is 9.66. The summed E-state index contributed by atoms with van der Waals surface area (Å²) in [6, 6.07) is 22.9. The molecule has 0 fully saturated rings. The van der Waals surface area contributed by atoms with Crippen molar-refractivity contribution in [3.05, 3.63) is 104 Å². The molecule has 0 radical (unpaired) electrons. The standard InChI is InChI=1S/C32H30Br2N2O4/c1-19-15-25(7-9-27(19)33)39-17-31(37)35-29-11-5-23(13-21(29)3)24-6-12-30(22(4)14-24)36-32(38)18-40-26-8-10-28(34)20(2)16-26/h5-16H,17-18H2,1-4H3,(H,35,37)(H,36,38). The number of benzene rings is 4. The number of anilines is 2. The van der Waals surface area contributed by atoms with Crippen molar-refractivity contribution in [2.45, 2.75) is 27.7 Å². The minimum Gasteiger partial charge on any atom is -0.484 e.